The third-order valence-electron chi connectivity index (χ3n) is 2.04. The van der Waals surface area contributed by atoms with E-state index in [-0.39, 0.29) is 0 Å². The van der Waals surface area contributed by atoms with Gasteiger partial charge in [0.25, 0.3) is 0 Å². The SMILES string of the molecule is c1ccc(C2NCCCS2)cc1. The maximum Gasteiger partial charge on any atom is 0.0789 e. The van der Waals surface area contributed by atoms with Crippen molar-refractivity contribution < 1.29 is 0 Å². The van der Waals surface area contributed by atoms with Crippen molar-refractivity contribution in [3.05, 3.63) is 35.9 Å². The third kappa shape index (κ3) is 1.82. The molecular formula is C10H13NS. The minimum atomic E-state index is 0.528. The summed E-state index contributed by atoms with van der Waals surface area (Å²) in [6, 6.07) is 10.7. The Balaban J connectivity index is 2.08. The zero-order valence-electron chi connectivity index (χ0n) is 6.99. The Hall–Kier alpha value is -0.470. The molecule has 1 nitrogen and oxygen atoms in total. The Kier molecular flexibility index (Phi) is 2.69. The molecule has 0 amide bonds. The summed E-state index contributed by atoms with van der Waals surface area (Å²) in [6.45, 7) is 1.16. The van der Waals surface area contributed by atoms with Crippen LogP contribution in [0.25, 0.3) is 0 Å². The first-order chi connectivity index (χ1) is 5.97. The first-order valence-corrected chi connectivity index (χ1v) is 5.41. The minimum Gasteiger partial charge on any atom is -0.302 e. The van der Waals surface area contributed by atoms with Crippen LogP contribution in [0.15, 0.2) is 30.3 Å². The second-order valence-corrected chi connectivity index (χ2v) is 4.18. The molecule has 0 spiro atoms. The molecule has 0 aliphatic carbocycles. The van der Waals surface area contributed by atoms with Crippen LogP contribution < -0.4 is 5.32 Å². The summed E-state index contributed by atoms with van der Waals surface area (Å²) >= 11 is 2.01. The molecule has 0 radical (unpaired) electrons. The molecule has 1 N–H and O–H groups in total. The molecule has 1 unspecified atom stereocenters. The molecule has 1 heterocycles. The maximum atomic E-state index is 3.50. The summed E-state index contributed by atoms with van der Waals surface area (Å²) in [5, 5.41) is 4.03. The summed E-state index contributed by atoms with van der Waals surface area (Å²) in [6.07, 6.45) is 1.30. The second-order valence-electron chi connectivity index (χ2n) is 2.97. The molecule has 64 valence electrons. The van der Waals surface area contributed by atoms with Crippen molar-refractivity contribution in [3.8, 4) is 0 Å². The molecule has 1 aromatic carbocycles. The van der Waals surface area contributed by atoms with Gasteiger partial charge in [0.1, 0.15) is 0 Å². The number of hydrogen-bond acceptors (Lipinski definition) is 2. The van der Waals surface area contributed by atoms with E-state index in [4.69, 9.17) is 0 Å². The van der Waals surface area contributed by atoms with Gasteiger partial charge in [0, 0.05) is 0 Å². The highest BCUT2D eigenvalue weighted by Crippen LogP contribution is 2.28. The minimum absolute atomic E-state index is 0.528. The smallest absolute Gasteiger partial charge is 0.0789 e. The van der Waals surface area contributed by atoms with Crippen LogP contribution in [0.3, 0.4) is 0 Å². The Morgan fingerprint density at radius 1 is 1.25 bits per heavy atom. The van der Waals surface area contributed by atoms with Gasteiger partial charge in [-0.05, 0) is 24.3 Å². The second kappa shape index (κ2) is 3.97. The standard InChI is InChI=1S/C10H13NS/c1-2-5-9(6-3-1)10-11-7-4-8-12-10/h1-3,5-6,10-11H,4,7-8H2. The van der Waals surface area contributed by atoms with Crippen molar-refractivity contribution in [3.63, 3.8) is 0 Å². The van der Waals surface area contributed by atoms with Gasteiger partial charge in [-0.3, -0.25) is 0 Å². The van der Waals surface area contributed by atoms with Gasteiger partial charge in [-0.2, -0.15) is 0 Å². The lowest BCUT2D eigenvalue weighted by molar-refractivity contribution is 0.643. The van der Waals surface area contributed by atoms with Crippen LogP contribution >= 0.6 is 11.8 Å². The molecule has 2 rings (SSSR count). The zero-order valence-corrected chi connectivity index (χ0v) is 7.81. The average Bonchev–Trinajstić information content (AvgIpc) is 2.21. The Morgan fingerprint density at radius 3 is 2.75 bits per heavy atom. The Bertz CT molecular complexity index is 229. The topological polar surface area (TPSA) is 12.0 Å². The highest BCUT2D eigenvalue weighted by Gasteiger charge is 2.13. The monoisotopic (exact) mass is 179 g/mol. The van der Waals surface area contributed by atoms with E-state index in [1.165, 1.54) is 17.7 Å². The largest absolute Gasteiger partial charge is 0.302 e. The molecule has 1 aromatic rings. The lowest BCUT2D eigenvalue weighted by Gasteiger charge is -2.23. The third-order valence-corrected chi connectivity index (χ3v) is 3.33. The van der Waals surface area contributed by atoms with Crippen molar-refractivity contribution in [2.75, 3.05) is 12.3 Å². The van der Waals surface area contributed by atoms with Crippen LogP contribution in [0.1, 0.15) is 17.4 Å². The lowest BCUT2D eigenvalue weighted by Crippen LogP contribution is -2.25. The van der Waals surface area contributed by atoms with E-state index in [0.717, 1.165) is 6.54 Å². The Labute approximate surface area is 77.6 Å². The summed E-state index contributed by atoms with van der Waals surface area (Å²) in [5.41, 5.74) is 1.40. The summed E-state index contributed by atoms with van der Waals surface area (Å²) in [7, 11) is 0. The van der Waals surface area contributed by atoms with Crippen molar-refractivity contribution >= 4 is 11.8 Å². The predicted octanol–water partition coefficient (Wildman–Crippen LogP) is 2.41. The van der Waals surface area contributed by atoms with Crippen molar-refractivity contribution in [2.24, 2.45) is 0 Å². The fraction of sp³-hybridized carbons (Fsp3) is 0.400. The van der Waals surface area contributed by atoms with Gasteiger partial charge in [-0.15, -0.1) is 11.8 Å². The van der Waals surface area contributed by atoms with Crippen molar-refractivity contribution in [1.29, 1.82) is 0 Å². The molecule has 0 saturated carbocycles. The van der Waals surface area contributed by atoms with Crippen molar-refractivity contribution in [2.45, 2.75) is 11.8 Å². The molecule has 1 fully saturated rings. The molecule has 2 heteroatoms. The maximum absolute atomic E-state index is 3.50. The number of benzene rings is 1. The van der Waals surface area contributed by atoms with Crippen LogP contribution in [0.4, 0.5) is 0 Å². The molecular weight excluding hydrogens is 166 g/mol. The quantitative estimate of drug-likeness (QED) is 0.710. The number of thioether (sulfide) groups is 1. The van der Waals surface area contributed by atoms with Crippen LogP contribution in [0.5, 0.6) is 0 Å². The van der Waals surface area contributed by atoms with Crippen LogP contribution in [0, 0.1) is 0 Å². The molecule has 1 aliphatic heterocycles. The van der Waals surface area contributed by atoms with E-state index in [2.05, 4.69) is 35.6 Å². The van der Waals surface area contributed by atoms with E-state index in [1.807, 2.05) is 11.8 Å². The van der Waals surface area contributed by atoms with Gasteiger partial charge in [0.15, 0.2) is 0 Å². The van der Waals surface area contributed by atoms with Crippen LogP contribution in [-0.2, 0) is 0 Å². The summed E-state index contributed by atoms with van der Waals surface area (Å²) in [5.74, 6) is 1.28. The fourth-order valence-corrected chi connectivity index (χ4v) is 2.54. The molecule has 1 atom stereocenters. The molecule has 1 aliphatic rings. The van der Waals surface area contributed by atoms with Crippen LogP contribution in [-0.4, -0.2) is 12.3 Å². The van der Waals surface area contributed by atoms with Gasteiger partial charge in [-0.1, -0.05) is 30.3 Å². The molecule has 12 heavy (non-hydrogen) atoms. The van der Waals surface area contributed by atoms with E-state index in [1.54, 1.807) is 0 Å². The van der Waals surface area contributed by atoms with E-state index < -0.39 is 0 Å². The first-order valence-electron chi connectivity index (χ1n) is 4.37. The highest BCUT2D eigenvalue weighted by atomic mass is 32.2. The van der Waals surface area contributed by atoms with Gasteiger partial charge in [0.2, 0.25) is 0 Å². The van der Waals surface area contributed by atoms with Gasteiger partial charge in [0.05, 0.1) is 5.37 Å². The van der Waals surface area contributed by atoms with Gasteiger partial charge < -0.3 is 5.32 Å². The van der Waals surface area contributed by atoms with Gasteiger partial charge in [-0.25, -0.2) is 0 Å². The molecule has 1 saturated heterocycles. The van der Waals surface area contributed by atoms with Crippen molar-refractivity contribution in [1.82, 2.24) is 5.32 Å². The number of rotatable bonds is 1. The number of hydrogen-bond donors (Lipinski definition) is 1. The van der Waals surface area contributed by atoms with E-state index >= 15 is 0 Å². The normalized spacial score (nSPS) is 23.8. The molecule has 0 aromatic heterocycles. The van der Waals surface area contributed by atoms with Gasteiger partial charge >= 0.3 is 0 Å². The average molecular weight is 179 g/mol. The number of nitrogens with one attached hydrogen (secondary N) is 1. The predicted molar refractivity (Wildman–Crippen MR) is 54.3 cm³/mol. The summed E-state index contributed by atoms with van der Waals surface area (Å²) < 4.78 is 0. The lowest BCUT2D eigenvalue weighted by atomic mass is 10.2. The van der Waals surface area contributed by atoms with E-state index in [9.17, 15) is 0 Å². The van der Waals surface area contributed by atoms with Crippen LogP contribution in [0.2, 0.25) is 0 Å². The zero-order chi connectivity index (χ0) is 8.23. The Morgan fingerprint density at radius 2 is 2.08 bits per heavy atom. The molecule has 0 bridgehead atoms. The first kappa shape index (κ1) is 8.14. The fourth-order valence-electron chi connectivity index (χ4n) is 1.41. The summed E-state index contributed by atoms with van der Waals surface area (Å²) in [4.78, 5) is 0. The highest BCUT2D eigenvalue weighted by molar-refractivity contribution is 7.99. The van der Waals surface area contributed by atoms with E-state index in [0.29, 0.717) is 5.37 Å².